The minimum absolute atomic E-state index is 0.141. The van der Waals surface area contributed by atoms with Gasteiger partial charge in [0.25, 0.3) is 0 Å². The van der Waals surface area contributed by atoms with Crippen LogP contribution in [-0.2, 0) is 22.9 Å². The molecule has 6 heteroatoms. The van der Waals surface area contributed by atoms with E-state index in [1.54, 1.807) is 20.8 Å². The highest BCUT2D eigenvalue weighted by Gasteiger charge is 2.28. The molecule has 20 heavy (non-hydrogen) atoms. The van der Waals surface area contributed by atoms with E-state index in [0.29, 0.717) is 19.1 Å². The molecule has 0 unspecified atom stereocenters. The number of nitrogens with zero attached hydrogens (tertiary/aromatic N) is 2. The number of nitrogens with one attached hydrogen (secondary N) is 1. The molecule has 0 saturated heterocycles. The van der Waals surface area contributed by atoms with Gasteiger partial charge in [0.2, 0.25) is 0 Å². The van der Waals surface area contributed by atoms with Crippen LogP contribution in [0.2, 0.25) is 0 Å². The molecule has 0 aliphatic rings. The molecule has 1 heterocycles. The molecular formula is C14H27N3O2S. The first-order valence-corrected chi connectivity index (χ1v) is 8.66. The lowest BCUT2D eigenvalue weighted by Crippen LogP contribution is -2.32. The minimum Gasteiger partial charge on any atom is -0.330 e. The van der Waals surface area contributed by atoms with Crippen molar-refractivity contribution in [1.29, 1.82) is 0 Å². The molecule has 5 nitrogen and oxygen atoms in total. The van der Waals surface area contributed by atoms with Crippen LogP contribution in [0.1, 0.15) is 46.1 Å². The predicted molar refractivity (Wildman–Crippen MR) is 82.5 cm³/mol. The van der Waals surface area contributed by atoms with Gasteiger partial charge in [0.05, 0.1) is 16.2 Å². The maximum Gasteiger partial charge on any atom is 0.156 e. The van der Waals surface area contributed by atoms with Gasteiger partial charge in [-0.15, -0.1) is 0 Å². The Labute approximate surface area is 122 Å². The van der Waals surface area contributed by atoms with Crippen LogP contribution in [0.15, 0.2) is 6.20 Å². The minimum atomic E-state index is -3.11. The molecule has 0 radical (unpaired) electrons. The van der Waals surface area contributed by atoms with E-state index in [9.17, 15) is 8.42 Å². The van der Waals surface area contributed by atoms with Gasteiger partial charge in [0.1, 0.15) is 5.82 Å². The summed E-state index contributed by atoms with van der Waals surface area (Å²) in [6, 6.07) is 0.386. The van der Waals surface area contributed by atoms with E-state index >= 15 is 0 Å². The van der Waals surface area contributed by atoms with Gasteiger partial charge in [-0.25, -0.2) is 13.4 Å². The average molecular weight is 301 g/mol. The monoisotopic (exact) mass is 301 g/mol. The molecule has 0 aliphatic carbocycles. The van der Waals surface area contributed by atoms with E-state index in [2.05, 4.69) is 24.1 Å². The van der Waals surface area contributed by atoms with Crippen molar-refractivity contribution in [3.05, 3.63) is 17.7 Å². The van der Waals surface area contributed by atoms with Crippen LogP contribution in [0.3, 0.4) is 0 Å². The Morgan fingerprint density at radius 1 is 1.35 bits per heavy atom. The van der Waals surface area contributed by atoms with Crippen molar-refractivity contribution in [3.8, 4) is 0 Å². The van der Waals surface area contributed by atoms with Crippen LogP contribution in [0, 0.1) is 6.92 Å². The van der Waals surface area contributed by atoms with Crippen molar-refractivity contribution in [3.63, 3.8) is 0 Å². The molecule has 0 atom stereocenters. The maximum absolute atomic E-state index is 12.2. The number of sulfone groups is 1. The normalized spacial score (nSPS) is 13.2. The highest BCUT2D eigenvalue weighted by molar-refractivity contribution is 7.92. The van der Waals surface area contributed by atoms with Crippen molar-refractivity contribution in [2.45, 2.75) is 65.4 Å². The highest BCUT2D eigenvalue weighted by atomic mass is 32.2. The maximum atomic E-state index is 12.2. The summed E-state index contributed by atoms with van der Waals surface area (Å²) >= 11 is 0. The first-order chi connectivity index (χ1) is 9.04. The topological polar surface area (TPSA) is 64.0 Å². The van der Waals surface area contributed by atoms with Gasteiger partial charge in [0.15, 0.2) is 9.84 Å². The Morgan fingerprint density at radius 3 is 2.45 bits per heavy atom. The Bertz CT molecular complexity index is 539. The van der Waals surface area contributed by atoms with E-state index in [1.165, 1.54) is 0 Å². The fourth-order valence-electron chi connectivity index (χ4n) is 1.79. The lowest BCUT2D eigenvalue weighted by molar-refractivity contribution is 0.540. The predicted octanol–water partition coefficient (Wildman–Crippen LogP) is 1.90. The number of aryl methyl sites for hydroxylation is 1. The fourth-order valence-corrected chi connectivity index (χ4v) is 2.82. The van der Waals surface area contributed by atoms with E-state index in [1.807, 2.05) is 17.7 Å². The average Bonchev–Trinajstić information content (AvgIpc) is 2.63. The van der Waals surface area contributed by atoms with Crippen LogP contribution in [0.4, 0.5) is 0 Å². The molecular weight excluding hydrogens is 274 g/mol. The summed E-state index contributed by atoms with van der Waals surface area (Å²) < 4.78 is 25.6. The molecule has 0 bridgehead atoms. The van der Waals surface area contributed by atoms with E-state index < -0.39 is 14.6 Å². The van der Waals surface area contributed by atoms with Crippen LogP contribution >= 0.6 is 0 Å². The zero-order valence-electron chi connectivity index (χ0n) is 13.4. The number of aromatic nitrogens is 2. The Balaban J connectivity index is 2.81. The smallest absolute Gasteiger partial charge is 0.156 e. The van der Waals surface area contributed by atoms with E-state index in [4.69, 9.17) is 0 Å². The summed E-state index contributed by atoms with van der Waals surface area (Å²) in [5, 5.41) is 3.33. The highest BCUT2D eigenvalue weighted by Crippen LogP contribution is 2.17. The zero-order chi connectivity index (χ0) is 15.6. The van der Waals surface area contributed by atoms with Crippen molar-refractivity contribution < 1.29 is 8.42 Å². The number of hydrogen-bond acceptors (Lipinski definition) is 4. The van der Waals surface area contributed by atoms with Gasteiger partial charge in [-0.2, -0.15) is 0 Å². The Kier molecular flexibility index (Phi) is 5.38. The van der Waals surface area contributed by atoms with Crippen LogP contribution in [-0.4, -0.2) is 34.5 Å². The Hall–Kier alpha value is -0.880. The molecule has 0 saturated carbocycles. The molecule has 1 N–H and O–H groups in total. The first-order valence-electron chi connectivity index (χ1n) is 7.01. The van der Waals surface area contributed by atoms with Crippen LogP contribution in [0.5, 0.6) is 0 Å². The second-order valence-electron chi connectivity index (χ2n) is 6.42. The third-order valence-electron chi connectivity index (χ3n) is 3.35. The van der Waals surface area contributed by atoms with Crippen molar-refractivity contribution >= 4 is 9.84 Å². The SMILES string of the molecule is Cc1ncc(CNC(C)C)n1CCS(=O)(=O)C(C)(C)C. The van der Waals surface area contributed by atoms with Gasteiger partial charge in [-0.1, -0.05) is 13.8 Å². The lowest BCUT2D eigenvalue weighted by atomic mass is 10.3. The molecule has 116 valence electrons. The number of hydrogen-bond donors (Lipinski definition) is 1. The van der Waals surface area contributed by atoms with Crippen LogP contribution in [0.25, 0.3) is 0 Å². The molecule has 1 aromatic heterocycles. The van der Waals surface area contributed by atoms with Gasteiger partial charge in [-0.3, -0.25) is 0 Å². The van der Waals surface area contributed by atoms with Crippen LogP contribution < -0.4 is 5.32 Å². The molecule has 0 aromatic carbocycles. The van der Waals surface area contributed by atoms with Gasteiger partial charge >= 0.3 is 0 Å². The number of rotatable bonds is 6. The fraction of sp³-hybridized carbons (Fsp3) is 0.786. The quantitative estimate of drug-likeness (QED) is 0.871. The van der Waals surface area contributed by atoms with Gasteiger partial charge in [0, 0.05) is 25.3 Å². The van der Waals surface area contributed by atoms with Crippen molar-refractivity contribution in [2.75, 3.05) is 5.75 Å². The summed E-state index contributed by atoms with van der Waals surface area (Å²) in [6.07, 6.45) is 1.81. The molecule has 0 aliphatic heterocycles. The van der Waals surface area contributed by atoms with E-state index in [-0.39, 0.29) is 5.75 Å². The molecule has 1 aromatic rings. The zero-order valence-corrected chi connectivity index (χ0v) is 14.2. The summed E-state index contributed by atoms with van der Waals surface area (Å²) in [6.45, 7) is 12.4. The second kappa shape index (κ2) is 6.26. The van der Waals surface area contributed by atoms with Crippen molar-refractivity contribution in [2.24, 2.45) is 0 Å². The molecule has 0 fully saturated rings. The molecule has 0 spiro atoms. The third-order valence-corrected chi connectivity index (χ3v) is 5.93. The second-order valence-corrected chi connectivity index (χ2v) is 9.28. The van der Waals surface area contributed by atoms with Gasteiger partial charge in [-0.05, 0) is 27.7 Å². The van der Waals surface area contributed by atoms with E-state index in [0.717, 1.165) is 11.5 Å². The third kappa shape index (κ3) is 4.31. The first kappa shape index (κ1) is 17.2. The standard InChI is InChI=1S/C14H27N3O2S/c1-11(2)15-9-13-10-16-12(3)17(13)7-8-20(18,19)14(4,5)6/h10-11,15H,7-9H2,1-6H3. The van der Waals surface area contributed by atoms with Gasteiger partial charge < -0.3 is 9.88 Å². The largest absolute Gasteiger partial charge is 0.330 e. The molecule has 1 rings (SSSR count). The summed E-state index contributed by atoms with van der Waals surface area (Å²) in [4.78, 5) is 4.29. The summed E-state index contributed by atoms with van der Waals surface area (Å²) in [5.41, 5.74) is 1.03. The summed E-state index contributed by atoms with van der Waals surface area (Å²) in [5.74, 6) is 0.997. The molecule has 0 amide bonds. The number of imidazole rings is 1. The van der Waals surface area contributed by atoms with Crippen molar-refractivity contribution in [1.82, 2.24) is 14.9 Å². The lowest BCUT2D eigenvalue weighted by Gasteiger charge is -2.20. The Morgan fingerprint density at radius 2 is 1.95 bits per heavy atom. The summed E-state index contributed by atoms with van der Waals surface area (Å²) in [7, 11) is -3.11.